The Hall–Kier alpha value is -2.45. The molecule has 1 aliphatic heterocycles. The number of aromatic nitrogens is 1. The van der Waals surface area contributed by atoms with Crippen molar-refractivity contribution in [2.24, 2.45) is 0 Å². The van der Waals surface area contributed by atoms with Gasteiger partial charge in [-0.05, 0) is 49.7 Å². The van der Waals surface area contributed by atoms with Gasteiger partial charge in [0.15, 0.2) is 0 Å². The number of rotatable bonds is 4. The van der Waals surface area contributed by atoms with Gasteiger partial charge in [-0.3, -0.25) is 9.78 Å². The number of pyridine rings is 1. The van der Waals surface area contributed by atoms with Crippen LogP contribution in [0.1, 0.15) is 26.3 Å². The van der Waals surface area contributed by atoms with E-state index in [-0.39, 0.29) is 17.3 Å². The molecule has 0 saturated carbocycles. The van der Waals surface area contributed by atoms with Gasteiger partial charge < -0.3 is 9.64 Å². The van der Waals surface area contributed by atoms with Crippen molar-refractivity contribution in [2.75, 3.05) is 11.4 Å². The molecule has 1 amide bonds. The van der Waals surface area contributed by atoms with E-state index in [4.69, 9.17) is 4.74 Å². The van der Waals surface area contributed by atoms with E-state index >= 15 is 0 Å². The molecule has 138 valence electrons. The van der Waals surface area contributed by atoms with Gasteiger partial charge in [0.05, 0.1) is 17.1 Å². The largest absolute Gasteiger partial charge is 0.484 e. The van der Waals surface area contributed by atoms with Crippen molar-refractivity contribution in [1.29, 1.82) is 0 Å². The number of hydrogen-bond donors (Lipinski definition) is 1. The van der Waals surface area contributed by atoms with Gasteiger partial charge in [0.2, 0.25) is 15.9 Å². The van der Waals surface area contributed by atoms with Crippen molar-refractivity contribution >= 4 is 21.6 Å². The van der Waals surface area contributed by atoms with Crippen molar-refractivity contribution in [2.45, 2.75) is 37.8 Å². The lowest BCUT2D eigenvalue weighted by molar-refractivity contribution is -0.117. The number of carbonyl (C=O) groups excluding carboxylic acids is 1. The van der Waals surface area contributed by atoms with Gasteiger partial charge in [-0.25, -0.2) is 13.1 Å². The molecule has 0 saturated heterocycles. The molecule has 0 bridgehead atoms. The molecule has 7 nitrogen and oxygen atoms in total. The quantitative estimate of drug-likeness (QED) is 0.884. The highest BCUT2D eigenvalue weighted by Gasteiger charge is 2.34. The number of hydrogen-bond acceptors (Lipinski definition) is 5. The number of ether oxygens (including phenoxy) is 1. The summed E-state index contributed by atoms with van der Waals surface area (Å²) in [6.07, 6.45) is 3.21. The monoisotopic (exact) mass is 375 g/mol. The van der Waals surface area contributed by atoms with E-state index in [1.165, 1.54) is 19.1 Å². The molecule has 2 heterocycles. The molecular formula is C18H21N3O4S. The third-order valence-electron chi connectivity index (χ3n) is 4.05. The summed E-state index contributed by atoms with van der Waals surface area (Å²) >= 11 is 0. The lowest BCUT2D eigenvalue weighted by Gasteiger charge is -2.39. The highest BCUT2D eigenvalue weighted by atomic mass is 32.2. The average molecular weight is 375 g/mol. The molecule has 1 aromatic carbocycles. The molecule has 8 heteroatoms. The minimum atomic E-state index is -3.73. The predicted octanol–water partition coefficient (Wildman–Crippen LogP) is 2.08. The smallest absolute Gasteiger partial charge is 0.240 e. The molecule has 26 heavy (non-hydrogen) atoms. The van der Waals surface area contributed by atoms with Crippen molar-refractivity contribution in [1.82, 2.24) is 9.71 Å². The molecule has 0 unspecified atom stereocenters. The molecule has 1 aromatic heterocycles. The summed E-state index contributed by atoms with van der Waals surface area (Å²) in [6.45, 7) is 5.72. The van der Waals surface area contributed by atoms with Crippen molar-refractivity contribution in [3.63, 3.8) is 0 Å². The van der Waals surface area contributed by atoms with Crippen LogP contribution < -0.4 is 14.4 Å². The Balaban J connectivity index is 1.90. The van der Waals surface area contributed by atoms with Crippen LogP contribution in [-0.2, 0) is 21.4 Å². The van der Waals surface area contributed by atoms with E-state index in [9.17, 15) is 13.2 Å². The minimum Gasteiger partial charge on any atom is -0.484 e. The SMILES string of the molecule is CC(=O)N1CC(C)(C)Oc2ccc(S(=O)(=O)NCc3ccncc3)cc21. The van der Waals surface area contributed by atoms with Gasteiger partial charge in [-0.15, -0.1) is 0 Å². The van der Waals surface area contributed by atoms with Crippen LogP contribution in [0, 0.1) is 0 Å². The van der Waals surface area contributed by atoms with E-state index in [0.29, 0.717) is 18.0 Å². The van der Waals surface area contributed by atoms with Crippen LogP contribution in [0.3, 0.4) is 0 Å². The predicted molar refractivity (Wildman–Crippen MR) is 97.4 cm³/mol. The first-order valence-corrected chi connectivity index (χ1v) is 9.66. The molecule has 0 fully saturated rings. The lowest BCUT2D eigenvalue weighted by atomic mass is 10.1. The fourth-order valence-corrected chi connectivity index (χ4v) is 3.84. The minimum absolute atomic E-state index is 0.0832. The molecule has 0 atom stereocenters. The third kappa shape index (κ3) is 3.86. The van der Waals surface area contributed by atoms with Gasteiger partial charge in [0.25, 0.3) is 0 Å². The first-order valence-electron chi connectivity index (χ1n) is 8.18. The zero-order chi connectivity index (χ0) is 18.9. The van der Waals surface area contributed by atoms with Crippen LogP contribution >= 0.6 is 0 Å². The molecule has 3 rings (SSSR count). The molecule has 0 spiro atoms. The number of carbonyl (C=O) groups is 1. The molecule has 0 radical (unpaired) electrons. The number of sulfonamides is 1. The summed E-state index contributed by atoms with van der Waals surface area (Å²) in [6, 6.07) is 8.02. The highest BCUT2D eigenvalue weighted by molar-refractivity contribution is 7.89. The van der Waals surface area contributed by atoms with E-state index in [1.54, 1.807) is 35.5 Å². The van der Waals surface area contributed by atoms with E-state index in [2.05, 4.69) is 9.71 Å². The van der Waals surface area contributed by atoms with Crippen LogP contribution in [0.4, 0.5) is 5.69 Å². The Morgan fingerprint density at radius 2 is 1.96 bits per heavy atom. The van der Waals surface area contributed by atoms with Gasteiger partial charge >= 0.3 is 0 Å². The summed E-state index contributed by atoms with van der Waals surface area (Å²) in [7, 11) is -3.73. The normalized spacial score (nSPS) is 15.9. The number of nitrogens with one attached hydrogen (secondary N) is 1. The van der Waals surface area contributed by atoms with E-state index in [1.807, 2.05) is 13.8 Å². The van der Waals surface area contributed by atoms with Gasteiger partial charge in [0, 0.05) is 25.9 Å². The molecule has 2 aromatic rings. The number of amides is 1. The second-order valence-corrected chi connectivity index (χ2v) is 8.54. The lowest BCUT2D eigenvalue weighted by Crippen LogP contribution is -2.48. The zero-order valence-electron chi connectivity index (χ0n) is 14.9. The summed E-state index contributed by atoms with van der Waals surface area (Å²) in [4.78, 5) is 17.6. The van der Waals surface area contributed by atoms with Crippen LogP contribution in [-0.4, -0.2) is 31.5 Å². The van der Waals surface area contributed by atoms with Gasteiger partial charge in [0.1, 0.15) is 11.4 Å². The van der Waals surface area contributed by atoms with Crippen molar-refractivity contribution < 1.29 is 17.9 Å². The van der Waals surface area contributed by atoms with Gasteiger partial charge in [-0.1, -0.05) is 0 Å². The maximum Gasteiger partial charge on any atom is 0.240 e. The number of nitrogens with zero attached hydrogens (tertiary/aromatic N) is 2. The summed E-state index contributed by atoms with van der Waals surface area (Å²) in [5.74, 6) is 0.325. The fraction of sp³-hybridized carbons (Fsp3) is 0.333. The maximum absolute atomic E-state index is 12.6. The van der Waals surface area contributed by atoms with E-state index < -0.39 is 15.6 Å². The molecular weight excluding hydrogens is 354 g/mol. The standard InChI is InChI=1S/C18H21N3O4S/c1-13(22)21-12-18(2,3)25-17-5-4-15(10-16(17)21)26(23,24)20-11-14-6-8-19-9-7-14/h4-10,20H,11-12H2,1-3H3. The fourth-order valence-electron chi connectivity index (χ4n) is 2.80. The highest BCUT2D eigenvalue weighted by Crippen LogP contribution is 2.38. The summed E-state index contributed by atoms with van der Waals surface area (Å²) in [5.41, 5.74) is 0.721. The Kier molecular flexibility index (Phi) is 4.72. The molecule has 1 N–H and O–H groups in total. The number of anilines is 1. The first kappa shape index (κ1) is 18.3. The molecule has 0 aliphatic carbocycles. The zero-order valence-corrected chi connectivity index (χ0v) is 15.7. The first-order chi connectivity index (χ1) is 12.2. The summed E-state index contributed by atoms with van der Waals surface area (Å²) in [5, 5.41) is 0. The van der Waals surface area contributed by atoms with Crippen LogP contribution in [0.25, 0.3) is 0 Å². The number of benzene rings is 1. The Morgan fingerprint density at radius 3 is 2.62 bits per heavy atom. The van der Waals surface area contributed by atoms with E-state index in [0.717, 1.165) is 5.56 Å². The maximum atomic E-state index is 12.6. The molecule has 1 aliphatic rings. The second kappa shape index (κ2) is 6.69. The third-order valence-corrected chi connectivity index (χ3v) is 5.45. The van der Waals surface area contributed by atoms with Crippen molar-refractivity contribution in [3.05, 3.63) is 48.3 Å². The van der Waals surface area contributed by atoms with Gasteiger partial charge in [-0.2, -0.15) is 0 Å². The van der Waals surface area contributed by atoms with Crippen LogP contribution in [0.2, 0.25) is 0 Å². The summed E-state index contributed by atoms with van der Waals surface area (Å²) < 4.78 is 33.7. The Bertz CT molecular complexity index is 927. The second-order valence-electron chi connectivity index (χ2n) is 6.78. The van der Waals surface area contributed by atoms with Crippen molar-refractivity contribution in [3.8, 4) is 5.75 Å². The van der Waals surface area contributed by atoms with Crippen LogP contribution in [0.15, 0.2) is 47.6 Å². The Labute approximate surface area is 153 Å². The van der Waals surface area contributed by atoms with Crippen LogP contribution in [0.5, 0.6) is 5.75 Å². The average Bonchev–Trinajstić information content (AvgIpc) is 2.59. The Morgan fingerprint density at radius 1 is 1.27 bits per heavy atom. The number of fused-ring (bicyclic) bond motifs is 1. The topological polar surface area (TPSA) is 88.6 Å².